The average Bonchev–Trinajstić information content (AvgIpc) is 2.37. The molecule has 0 aromatic heterocycles. The third kappa shape index (κ3) is 2.96. The predicted molar refractivity (Wildman–Crippen MR) is 75.5 cm³/mol. The van der Waals surface area contributed by atoms with Crippen molar-refractivity contribution in [3.05, 3.63) is 47.5 Å². The number of alkyl halides is 3. The second kappa shape index (κ2) is 5.44. The van der Waals surface area contributed by atoms with Crippen LogP contribution in [0.2, 0.25) is 0 Å². The summed E-state index contributed by atoms with van der Waals surface area (Å²) in [6.07, 6.45) is -3.84. The van der Waals surface area contributed by atoms with Gasteiger partial charge >= 0.3 is 6.18 Å². The molecule has 2 N–H and O–H groups in total. The first-order valence-electron chi connectivity index (χ1n) is 6.63. The zero-order valence-corrected chi connectivity index (χ0v) is 11.5. The minimum absolute atomic E-state index is 0.185. The summed E-state index contributed by atoms with van der Waals surface area (Å²) in [6, 6.07) is 8.78. The van der Waals surface area contributed by atoms with Crippen molar-refractivity contribution in [2.45, 2.75) is 32.5 Å². The molecule has 108 valence electrons. The topological polar surface area (TPSA) is 26.0 Å². The van der Waals surface area contributed by atoms with Crippen LogP contribution in [0.1, 0.15) is 31.0 Å². The van der Waals surface area contributed by atoms with Crippen LogP contribution >= 0.6 is 0 Å². The summed E-state index contributed by atoms with van der Waals surface area (Å²) in [5.41, 5.74) is 6.31. The number of fused-ring (bicyclic) bond motifs is 1. The minimum Gasteiger partial charge on any atom is -0.316 e. The summed E-state index contributed by atoms with van der Waals surface area (Å²) < 4.78 is 38.8. The second-order valence-electron chi connectivity index (χ2n) is 5.47. The maximum Gasteiger partial charge on any atom is 0.407 e. The lowest BCUT2D eigenvalue weighted by Gasteiger charge is -2.22. The molecule has 0 aliphatic heterocycles. The Morgan fingerprint density at radius 2 is 1.70 bits per heavy atom. The van der Waals surface area contributed by atoms with Crippen LogP contribution in [-0.2, 0) is 6.42 Å². The smallest absolute Gasteiger partial charge is 0.316 e. The molecule has 0 aliphatic rings. The van der Waals surface area contributed by atoms with E-state index in [0.717, 1.165) is 10.8 Å². The Bertz CT molecular complexity index is 602. The highest BCUT2D eigenvalue weighted by Gasteiger charge is 2.39. The van der Waals surface area contributed by atoms with Gasteiger partial charge in [-0.3, -0.25) is 0 Å². The molecule has 0 unspecified atom stereocenters. The number of hydrogen-bond donors (Lipinski definition) is 1. The van der Waals surface area contributed by atoms with E-state index < -0.39 is 12.2 Å². The van der Waals surface area contributed by atoms with Crippen molar-refractivity contribution < 1.29 is 13.2 Å². The van der Waals surface area contributed by atoms with Crippen molar-refractivity contribution in [2.75, 3.05) is 0 Å². The number of rotatable bonds is 3. The lowest BCUT2D eigenvalue weighted by molar-refractivity contribution is -0.149. The number of nitrogens with two attached hydrogens (primary N) is 1. The number of benzene rings is 2. The SMILES string of the molecule is CC(C)Cc1c([C@H](N)C(F)(F)F)ccc2ccccc12. The Hall–Kier alpha value is -1.55. The van der Waals surface area contributed by atoms with E-state index in [2.05, 4.69) is 0 Å². The molecule has 2 rings (SSSR count). The van der Waals surface area contributed by atoms with Gasteiger partial charge in [-0.1, -0.05) is 50.2 Å². The molecule has 2 aromatic rings. The largest absolute Gasteiger partial charge is 0.407 e. The van der Waals surface area contributed by atoms with Crippen molar-refractivity contribution in [3.8, 4) is 0 Å². The first-order chi connectivity index (χ1) is 9.30. The standard InChI is InChI=1S/C16H18F3N/c1-10(2)9-14-12-6-4-3-5-11(12)7-8-13(14)15(20)16(17,18)19/h3-8,10,15H,9,20H2,1-2H3/t15-/m0/s1. The van der Waals surface area contributed by atoms with Crippen molar-refractivity contribution in [3.63, 3.8) is 0 Å². The molecule has 0 aliphatic carbocycles. The van der Waals surface area contributed by atoms with E-state index in [9.17, 15) is 13.2 Å². The summed E-state index contributed by atoms with van der Waals surface area (Å²) >= 11 is 0. The van der Waals surface area contributed by atoms with Gasteiger partial charge in [0.1, 0.15) is 6.04 Å². The molecule has 20 heavy (non-hydrogen) atoms. The van der Waals surface area contributed by atoms with Crippen LogP contribution in [0.5, 0.6) is 0 Å². The Balaban J connectivity index is 2.64. The van der Waals surface area contributed by atoms with Gasteiger partial charge in [0.2, 0.25) is 0 Å². The molecular formula is C16H18F3N. The number of halogens is 3. The van der Waals surface area contributed by atoms with Gasteiger partial charge < -0.3 is 5.73 Å². The van der Waals surface area contributed by atoms with Gasteiger partial charge in [0.25, 0.3) is 0 Å². The third-order valence-electron chi connectivity index (χ3n) is 3.38. The molecule has 0 amide bonds. The highest BCUT2D eigenvalue weighted by atomic mass is 19.4. The lowest BCUT2D eigenvalue weighted by atomic mass is 9.89. The van der Waals surface area contributed by atoms with E-state index >= 15 is 0 Å². The van der Waals surface area contributed by atoms with Crippen molar-refractivity contribution >= 4 is 10.8 Å². The summed E-state index contributed by atoms with van der Waals surface area (Å²) in [6.45, 7) is 3.98. The first-order valence-corrected chi connectivity index (χ1v) is 6.63. The molecule has 0 bridgehead atoms. The van der Waals surface area contributed by atoms with Gasteiger partial charge in [0, 0.05) is 0 Å². The van der Waals surface area contributed by atoms with Crippen LogP contribution in [0.3, 0.4) is 0 Å². The fourth-order valence-electron chi connectivity index (χ4n) is 2.46. The molecule has 2 aromatic carbocycles. The first kappa shape index (κ1) is 14.9. The summed E-state index contributed by atoms with van der Waals surface area (Å²) in [7, 11) is 0. The Labute approximate surface area is 116 Å². The van der Waals surface area contributed by atoms with E-state index in [1.165, 1.54) is 6.07 Å². The summed E-state index contributed by atoms with van der Waals surface area (Å²) in [5, 5.41) is 1.81. The molecule has 0 spiro atoms. The van der Waals surface area contributed by atoms with Crippen LogP contribution < -0.4 is 5.73 Å². The molecular weight excluding hydrogens is 263 g/mol. The molecule has 0 saturated carbocycles. The van der Waals surface area contributed by atoms with Gasteiger partial charge in [-0.15, -0.1) is 0 Å². The molecule has 0 saturated heterocycles. The number of hydrogen-bond acceptors (Lipinski definition) is 1. The van der Waals surface area contributed by atoms with Crippen LogP contribution in [0.4, 0.5) is 13.2 Å². The monoisotopic (exact) mass is 281 g/mol. The van der Waals surface area contributed by atoms with Crippen molar-refractivity contribution in [2.24, 2.45) is 11.7 Å². The average molecular weight is 281 g/mol. The van der Waals surface area contributed by atoms with Crippen molar-refractivity contribution in [1.29, 1.82) is 0 Å². The predicted octanol–water partition coefficient (Wildman–Crippen LogP) is 4.60. The van der Waals surface area contributed by atoms with Gasteiger partial charge in [0.15, 0.2) is 0 Å². The quantitative estimate of drug-likeness (QED) is 0.874. The Kier molecular flexibility index (Phi) is 4.04. The van der Waals surface area contributed by atoms with E-state index in [1.807, 2.05) is 38.1 Å². The van der Waals surface area contributed by atoms with Crippen LogP contribution in [0.25, 0.3) is 10.8 Å². The van der Waals surface area contributed by atoms with Crippen LogP contribution in [0.15, 0.2) is 36.4 Å². The molecule has 0 fully saturated rings. The van der Waals surface area contributed by atoms with Crippen LogP contribution in [-0.4, -0.2) is 6.18 Å². The maximum absolute atomic E-state index is 12.9. The molecule has 0 radical (unpaired) electrons. The normalized spacial score (nSPS) is 13.9. The van der Waals surface area contributed by atoms with E-state index in [0.29, 0.717) is 12.0 Å². The molecule has 0 heterocycles. The van der Waals surface area contributed by atoms with Gasteiger partial charge in [-0.25, -0.2) is 0 Å². The van der Waals surface area contributed by atoms with E-state index in [4.69, 9.17) is 5.73 Å². The highest BCUT2D eigenvalue weighted by molar-refractivity contribution is 5.87. The lowest BCUT2D eigenvalue weighted by Crippen LogP contribution is -2.29. The molecule has 1 atom stereocenters. The van der Waals surface area contributed by atoms with E-state index in [1.54, 1.807) is 6.07 Å². The van der Waals surface area contributed by atoms with Gasteiger partial charge in [-0.2, -0.15) is 13.2 Å². The zero-order valence-electron chi connectivity index (χ0n) is 11.5. The zero-order chi connectivity index (χ0) is 14.9. The fraction of sp³-hybridized carbons (Fsp3) is 0.375. The van der Waals surface area contributed by atoms with Crippen molar-refractivity contribution in [1.82, 2.24) is 0 Å². The minimum atomic E-state index is -4.42. The van der Waals surface area contributed by atoms with Crippen LogP contribution in [0, 0.1) is 5.92 Å². The summed E-state index contributed by atoms with van der Waals surface area (Å²) in [5.74, 6) is 0.264. The Morgan fingerprint density at radius 3 is 2.30 bits per heavy atom. The highest BCUT2D eigenvalue weighted by Crippen LogP contribution is 2.36. The summed E-state index contributed by atoms with van der Waals surface area (Å²) in [4.78, 5) is 0. The maximum atomic E-state index is 12.9. The molecule has 1 nitrogen and oxygen atoms in total. The fourth-order valence-corrected chi connectivity index (χ4v) is 2.46. The second-order valence-corrected chi connectivity index (χ2v) is 5.47. The molecule has 4 heteroatoms. The third-order valence-corrected chi connectivity index (χ3v) is 3.38. The van der Waals surface area contributed by atoms with Gasteiger partial charge in [-0.05, 0) is 34.2 Å². The van der Waals surface area contributed by atoms with E-state index in [-0.39, 0.29) is 11.5 Å². The Morgan fingerprint density at radius 1 is 1.05 bits per heavy atom. The van der Waals surface area contributed by atoms with Gasteiger partial charge in [0.05, 0.1) is 0 Å².